The van der Waals surface area contributed by atoms with E-state index in [0.29, 0.717) is 22.3 Å². The third kappa shape index (κ3) is 4.17. The smallest absolute Gasteiger partial charge is 0.426 e. The Labute approximate surface area is 169 Å². The summed E-state index contributed by atoms with van der Waals surface area (Å²) in [5.41, 5.74) is 7.50. The van der Waals surface area contributed by atoms with Crippen molar-refractivity contribution in [3.63, 3.8) is 0 Å². The van der Waals surface area contributed by atoms with E-state index in [1.807, 2.05) is 30.3 Å². The van der Waals surface area contributed by atoms with Crippen LogP contribution in [0, 0.1) is 11.6 Å². The molecule has 4 nitrogen and oxygen atoms in total. The van der Waals surface area contributed by atoms with Crippen LogP contribution in [0.3, 0.4) is 0 Å². The maximum Gasteiger partial charge on any atom is 0.426 e. The van der Waals surface area contributed by atoms with E-state index >= 15 is 0 Å². The van der Waals surface area contributed by atoms with Crippen molar-refractivity contribution in [3.05, 3.63) is 42.9 Å². The van der Waals surface area contributed by atoms with Gasteiger partial charge in [0, 0.05) is 17.2 Å². The van der Waals surface area contributed by atoms with Crippen molar-refractivity contribution in [2.45, 2.75) is 58.2 Å². The summed E-state index contributed by atoms with van der Waals surface area (Å²) in [5, 5.41) is 0. The number of methoxy groups -OCH3 is 1. The second-order valence-corrected chi connectivity index (χ2v) is 13.5. The van der Waals surface area contributed by atoms with Crippen molar-refractivity contribution in [2.24, 2.45) is 0 Å². The van der Waals surface area contributed by atoms with E-state index in [-0.39, 0.29) is 0 Å². The van der Waals surface area contributed by atoms with Crippen LogP contribution >= 0.6 is 0 Å². The molecule has 2 rings (SSSR count). The molecule has 0 saturated heterocycles. The van der Waals surface area contributed by atoms with Crippen molar-refractivity contribution in [1.29, 1.82) is 0 Å². The fourth-order valence-electron chi connectivity index (χ4n) is 4.21. The van der Waals surface area contributed by atoms with Crippen LogP contribution < -0.4 is 4.90 Å². The summed E-state index contributed by atoms with van der Waals surface area (Å²) >= 11 is 0. The Kier molecular flexibility index (Phi) is 7.15. The number of benzene rings is 1. The van der Waals surface area contributed by atoms with Crippen LogP contribution in [0.5, 0.6) is 0 Å². The third-order valence-corrected chi connectivity index (χ3v) is 11.9. The van der Waals surface area contributed by atoms with Gasteiger partial charge >= 0.3 is 6.09 Å². The molecule has 0 N–H and O–H groups in total. The van der Waals surface area contributed by atoms with E-state index in [4.69, 9.17) is 9.15 Å². The first-order valence-electron chi connectivity index (χ1n) is 9.78. The summed E-state index contributed by atoms with van der Waals surface area (Å²) in [7, 11) is -0.610. The number of rotatable bonds is 5. The highest BCUT2D eigenvalue weighted by Gasteiger charge is 2.42. The van der Waals surface area contributed by atoms with Crippen molar-refractivity contribution in [1.82, 2.24) is 0 Å². The molecule has 0 saturated carbocycles. The summed E-state index contributed by atoms with van der Waals surface area (Å²) in [5.74, 6) is 0. The minimum absolute atomic E-state index is 0.476. The van der Waals surface area contributed by atoms with Gasteiger partial charge in [-0.05, 0) is 28.8 Å². The molecule has 0 aliphatic heterocycles. The van der Waals surface area contributed by atoms with Crippen LogP contribution in [0.25, 0.3) is 11.1 Å². The number of furan rings is 1. The van der Waals surface area contributed by atoms with E-state index in [1.54, 1.807) is 12.5 Å². The van der Waals surface area contributed by atoms with Gasteiger partial charge in [0.1, 0.15) is 8.07 Å². The normalized spacial score (nSPS) is 11.5. The van der Waals surface area contributed by atoms with Crippen molar-refractivity contribution in [2.75, 3.05) is 12.0 Å². The van der Waals surface area contributed by atoms with Crippen molar-refractivity contribution >= 4 is 19.9 Å². The van der Waals surface area contributed by atoms with Crippen LogP contribution in [-0.2, 0) is 4.74 Å². The minimum atomic E-state index is -1.99. The van der Waals surface area contributed by atoms with Gasteiger partial charge in [-0.1, -0.05) is 59.7 Å². The van der Waals surface area contributed by atoms with Crippen LogP contribution in [0.2, 0.25) is 16.6 Å². The topological polar surface area (TPSA) is 42.7 Å². The van der Waals surface area contributed by atoms with E-state index in [2.05, 4.69) is 53.1 Å². The highest BCUT2D eigenvalue weighted by Crippen LogP contribution is 2.41. The van der Waals surface area contributed by atoms with Crippen LogP contribution in [-0.4, -0.2) is 21.3 Å². The lowest BCUT2D eigenvalue weighted by Crippen LogP contribution is -2.44. The van der Waals surface area contributed by atoms with Gasteiger partial charge in [0.15, 0.2) is 0 Å². The zero-order valence-electron chi connectivity index (χ0n) is 17.9. The molecule has 0 unspecified atom stereocenters. The highest BCUT2D eigenvalue weighted by molar-refractivity contribution is 6.90. The molecule has 0 bridgehead atoms. The van der Waals surface area contributed by atoms with Gasteiger partial charge in [0.05, 0.1) is 25.3 Å². The molecule has 0 fully saturated rings. The average molecular weight is 398 g/mol. The van der Waals surface area contributed by atoms with Gasteiger partial charge in [-0.15, -0.1) is 5.54 Å². The van der Waals surface area contributed by atoms with Crippen molar-refractivity contribution < 1.29 is 13.9 Å². The molecule has 0 radical (unpaired) electrons. The number of carbonyl (C=O) groups excluding carboxylic acids is 1. The van der Waals surface area contributed by atoms with Crippen LogP contribution in [0.4, 0.5) is 10.5 Å². The summed E-state index contributed by atoms with van der Waals surface area (Å²) in [6.45, 7) is 13.5. The molecule has 0 atom stereocenters. The SMILES string of the molecule is COC(=O)N(C#C[Si](C(C)C)(C(C)C)C(C)C)c1ccccc1-c1ccoc1. The van der Waals surface area contributed by atoms with E-state index < -0.39 is 14.2 Å². The van der Waals surface area contributed by atoms with E-state index in [1.165, 1.54) is 12.0 Å². The number of hydrogen-bond donors (Lipinski definition) is 0. The van der Waals surface area contributed by atoms with Crippen LogP contribution in [0.1, 0.15) is 41.5 Å². The molecule has 0 spiro atoms. The van der Waals surface area contributed by atoms with Gasteiger partial charge in [-0.25, -0.2) is 9.69 Å². The predicted octanol–water partition coefficient (Wildman–Crippen LogP) is 6.70. The number of anilines is 1. The zero-order valence-corrected chi connectivity index (χ0v) is 18.9. The molecule has 0 aliphatic carbocycles. The fourth-order valence-corrected chi connectivity index (χ4v) is 9.38. The van der Waals surface area contributed by atoms with Gasteiger partial charge in [0.2, 0.25) is 0 Å². The number of ether oxygens (including phenoxy) is 1. The number of amides is 1. The van der Waals surface area contributed by atoms with Crippen molar-refractivity contribution in [3.8, 4) is 22.7 Å². The first kappa shape index (κ1) is 21.8. The summed E-state index contributed by atoms with van der Waals surface area (Å²) in [6.07, 6.45) is 2.80. The molecule has 2 aromatic rings. The Morgan fingerprint density at radius 1 is 1.04 bits per heavy atom. The Bertz CT molecular complexity index is 822. The lowest BCUT2D eigenvalue weighted by Gasteiger charge is -2.38. The van der Waals surface area contributed by atoms with Gasteiger partial charge in [-0.3, -0.25) is 0 Å². The molecular weight excluding hydrogens is 366 g/mol. The molecular formula is C23H31NO3Si. The molecule has 28 heavy (non-hydrogen) atoms. The van der Waals surface area contributed by atoms with E-state index in [0.717, 1.165) is 11.1 Å². The Balaban J connectivity index is 2.63. The monoisotopic (exact) mass is 397 g/mol. The molecule has 1 aromatic carbocycles. The molecule has 0 aliphatic rings. The predicted molar refractivity (Wildman–Crippen MR) is 118 cm³/mol. The Morgan fingerprint density at radius 2 is 1.64 bits per heavy atom. The third-order valence-electron chi connectivity index (χ3n) is 5.58. The lowest BCUT2D eigenvalue weighted by molar-refractivity contribution is 0.182. The molecule has 1 amide bonds. The van der Waals surface area contributed by atoms with E-state index in [9.17, 15) is 4.79 Å². The summed E-state index contributed by atoms with van der Waals surface area (Å²) in [4.78, 5) is 14.1. The molecule has 1 aromatic heterocycles. The summed E-state index contributed by atoms with van der Waals surface area (Å²) < 4.78 is 10.3. The first-order valence-corrected chi connectivity index (χ1v) is 12.0. The standard InChI is InChI=1S/C23H31NO3Si/c1-17(2)28(18(3)4,19(5)6)15-13-24(23(25)26-7)22-11-9-8-10-21(22)20-12-14-27-16-20/h8-12,14,16-19H,1-7H3. The quantitative estimate of drug-likeness (QED) is 0.320. The molecule has 150 valence electrons. The maximum atomic E-state index is 12.7. The fraction of sp³-hybridized carbons (Fsp3) is 0.435. The van der Waals surface area contributed by atoms with Gasteiger partial charge in [-0.2, -0.15) is 0 Å². The molecule has 1 heterocycles. The maximum absolute atomic E-state index is 12.7. The zero-order chi connectivity index (χ0) is 20.9. The van der Waals surface area contributed by atoms with Gasteiger partial charge < -0.3 is 9.15 Å². The highest BCUT2D eigenvalue weighted by atomic mass is 28.3. The van der Waals surface area contributed by atoms with Gasteiger partial charge in [0.25, 0.3) is 0 Å². The number of carbonyl (C=O) groups is 1. The number of para-hydroxylation sites is 1. The molecule has 5 heteroatoms. The second kappa shape index (κ2) is 9.16. The Hall–Kier alpha value is -2.45. The second-order valence-electron chi connectivity index (χ2n) is 7.97. The van der Waals surface area contributed by atoms with Crippen LogP contribution in [0.15, 0.2) is 47.3 Å². The number of hydrogen-bond acceptors (Lipinski definition) is 3. The largest absolute Gasteiger partial charge is 0.472 e. The Morgan fingerprint density at radius 3 is 2.14 bits per heavy atom. The number of nitrogens with zero attached hydrogens (tertiary/aromatic N) is 1. The lowest BCUT2D eigenvalue weighted by atomic mass is 10.1. The first-order chi connectivity index (χ1) is 13.3. The minimum Gasteiger partial charge on any atom is -0.472 e. The summed E-state index contributed by atoms with van der Waals surface area (Å²) in [6, 6.07) is 12.8. The average Bonchev–Trinajstić information content (AvgIpc) is 3.18.